The van der Waals surface area contributed by atoms with Crippen molar-refractivity contribution in [2.24, 2.45) is 0 Å². The van der Waals surface area contributed by atoms with Crippen LogP contribution in [0, 0.1) is 0 Å². The predicted octanol–water partition coefficient (Wildman–Crippen LogP) is 3.29. The Morgan fingerprint density at radius 3 is 2.64 bits per heavy atom. The predicted molar refractivity (Wildman–Crippen MR) is 81.4 cm³/mol. The number of nitrogens with zero attached hydrogens (tertiary/aromatic N) is 3. The van der Waals surface area contributed by atoms with Crippen LogP contribution in [0.4, 0.5) is 0 Å². The smallest absolute Gasteiger partial charge is 0.197 e. The van der Waals surface area contributed by atoms with Gasteiger partial charge in [-0.05, 0) is 24.3 Å². The maximum Gasteiger partial charge on any atom is 0.197 e. The van der Waals surface area contributed by atoms with Crippen molar-refractivity contribution in [1.29, 1.82) is 0 Å². The summed E-state index contributed by atoms with van der Waals surface area (Å²) in [6.45, 7) is 0. The fraction of sp³-hybridized carbons (Fsp3) is 0.0625. The molecule has 0 spiro atoms. The largest absolute Gasteiger partial charge is 0.496 e. The molecular formula is C16H12N4O2. The van der Waals surface area contributed by atoms with E-state index in [9.17, 15) is 0 Å². The fourth-order valence-electron chi connectivity index (χ4n) is 2.48. The van der Waals surface area contributed by atoms with Gasteiger partial charge in [0.2, 0.25) is 0 Å². The summed E-state index contributed by atoms with van der Waals surface area (Å²) in [4.78, 5) is 0. The first-order valence-electron chi connectivity index (χ1n) is 6.77. The van der Waals surface area contributed by atoms with Gasteiger partial charge >= 0.3 is 0 Å². The zero-order chi connectivity index (χ0) is 14.9. The SMILES string of the molecule is COc1ccccc1-c1n[nH]nc1-c1onc2ccccc12. The Kier molecular flexibility index (Phi) is 2.86. The average Bonchev–Trinajstić information content (AvgIpc) is 3.21. The highest BCUT2D eigenvalue weighted by molar-refractivity contribution is 5.94. The van der Waals surface area contributed by atoms with Gasteiger partial charge in [0.1, 0.15) is 17.0 Å². The van der Waals surface area contributed by atoms with Gasteiger partial charge in [0.15, 0.2) is 11.5 Å². The minimum atomic E-state index is 0.588. The van der Waals surface area contributed by atoms with Crippen LogP contribution >= 0.6 is 0 Å². The van der Waals surface area contributed by atoms with Crippen molar-refractivity contribution in [3.8, 4) is 28.5 Å². The standard InChI is InChI=1S/C16H12N4O2/c1-21-13-9-5-3-7-11(13)14-15(18-20-17-14)16-10-6-2-4-8-12(10)19-22-16/h2-9H,1H3,(H,17,18,20). The molecule has 0 aliphatic rings. The van der Waals surface area contributed by atoms with Crippen LogP contribution in [0.1, 0.15) is 0 Å². The molecule has 0 atom stereocenters. The molecule has 108 valence electrons. The Bertz CT molecular complexity index is 942. The van der Waals surface area contributed by atoms with Crippen molar-refractivity contribution in [2.45, 2.75) is 0 Å². The van der Waals surface area contributed by atoms with Crippen molar-refractivity contribution in [1.82, 2.24) is 20.6 Å². The Morgan fingerprint density at radius 2 is 1.73 bits per heavy atom. The second kappa shape index (κ2) is 5.00. The van der Waals surface area contributed by atoms with Gasteiger partial charge in [-0.1, -0.05) is 29.4 Å². The Balaban J connectivity index is 1.94. The highest BCUT2D eigenvalue weighted by Crippen LogP contribution is 2.36. The minimum Gasteiger partial charge on any atom is -0.496 e. The number of rotatable bonds is 3. The topological polar surface area (TPSA) is 76.8 Å². The van der Waals surface area contributed by atoms with E-state index < -0.39 is 0 Å². The summed E-state index contributed by atoms with van der Waals surface area (Å²) in [5.41, 5.74) is 2.90. The van der Waals surface area contributed by atoms with E-state index in [0.717, 1.165) is 22.2 Å². The van der Waals surface area contributed by atoms with E-state index in [-0.39, 0.29) is 0 Å². The number of fused-ring (bicyclic) bond motifs is 1. The number of aromatic amines is 1. The average molecular weight is 292 g/mol. The molecule has 1 N–H and O–H groups in total. The Hall–Kier alpha value is -3.15. The summed E-state index contributed by atoms with van der Waals surface area (Å²) in [7, 11) is 1.63. The zero-order valence-corrected chi connectivity index (χ0v) is 11.8. The third-order valence-corrected chi connectivity index (χ3v) is 3.51. The number of nitrogens with one attached hydrogen (secondary N) is 1. The number of aromatic nitrogens is 4. The van der Waals surface area contributed by atoms with E-state index in [0.29, 0.717) is 17.1 Å². The maximum atomic E-state index is 5.48. The van der Waals surface area contributed by atoms with Crippen molar-refractivity contribution in [2.75, 3.05) is 7.11 Å². The molecule has 0 unspecified atom stereocenters. The Labute approximate surface area is 125 Å². The van der Waals surface area contributed by atoms with Crippen LogP contribution in [0.3, 0.4) is 0 Å². The summed E-state index contributed by atoms with van der Waals surface area (Å²) in [6, 6.07) is 15.3. The van der Waals surface area contributed by atoms with Crippen molar-refractivity contribution in [3.63, 3.8) is 0 Å². The molecule has 2 aromatic heterocycles. The highest BCUT2D eigenvalue weighted by atomic mass is 16.5. The number of ether oxygens (including phenoxy) is 1. The Morgan fingerprint density at radius 1 is 0.955 bits per heavy atom. The quantitative estimate of drug-likeness (QED) is 0.627. The van der Waals surface area contributed by atoms with Crippen LogP contribution in [-0.4, -0.2) is 27.7 Å². The van der Waals surface area contributed by atoms with Gasteiger partial charge in [0.05, 0.1) is 12.5 Å². The van der Waals surface area contributed by atoms with Crippen LogP contribution in [0.15, 0.2) is 53.1 Å². The van der Waals surface area contributed by atoms with Crippen molar-refractivity contribution in [3.05, 3.63) is 48.5 Å². The van der Waals surface area contributed by atoms with Crippen LogP contribution in [-0.2, 0) is 0 Å². The molecule has 4 aromatic rings. The number of methoxy groups -OCH3 is 1. The molecule has 0 amide bonds. The molecule has 0 saturated heterocycles. The molecular weight excluding hydrogens is 280 g/mol. The number of hydrogen-bond acceptors (Lipinski definition) is 5. The van der Waals surface area contributed by atoms with E-state index in [1.165, 1.54) is 0 Å². The third kappa shape index (κ3) is 1.85. The van der Waals surface area contributed by atoms with E-state index in [1.807, 2.05) is 48.5 Å². The monoisotopic (exact) mass is 292 g/mol. The molecule has 6 heteroatoms. The lowest BCUT2D eigenvalue weighted by Crippen LogP contribution is -1.89. The summed E-state index contributed by atoms with van der Waals surface area (Å²) in [5.74, 6) is 1.31. The fourth-order valence-corrected chi connectivity index (χ4v) is 2.48. The van der Waals surface area contributed by atoms with E-state index in [2.05, 4.69) is 20.6 Å². The van der Waals surface area contributed by atoms with Gasteiger partial charge in [-0.2, -0.15) is 15.4 Å². The van der Waals surface area contributed by atoms with Crippen LogP contribution in [0.2, 0.25) is 0 Å². The molecule has 2 heterocycles. The maximum absolute atomic E-state index is 5.48. The van der Waals surface area contributed by atoms with Crippen LogP contribution < -0.4 is 4.74 Å². The molecule has 0 saturated carbocycles. The van der Waals surface area contributed by atoms with Gasteiger partial charge in [0, 0.05) is 5.56 Å². The van der Waals surface area contributed by atoms with Gasteiger partial charge < -0.3 is 9.26 Å². The lowest BCUT2D eigenvalue weighted by atomic mass is 10.1. The molecule has 0 aliphatic heterocycles. The van der Waals surface area contributed by atoms with Gasteiger partial charge in [-0.25, -0.2) is 0 Å². The zero-order valence-electron chi connectivity index (χ0n) is 11.8. The minimum absolute atomic E-state index is 0.588. The lowest BCUT2D eigenvalue weighted by molar-refractivity contribution is 0.416. The summed E-state index contributed by atoms with van der Waals surface area (Å²) in [6.07, 6.45) is 0. The molecule has 6 nitrogen and oxygen atoms in total. The molecule has 0 bridgehead atoms. The summed E-state index contributed by atoms with van der Waals surface area (Å²) >= 11 is 0. The normalized spacial score (nSPS) is 11.0. The van der Waals surface area contributed by atoms with Crippen LogP contribution in [0.5, 0.6) is 5.75 Å². The third-order valence-electron chi connectivity index (χ3n) is 3.51. The first-order valence-corrected chi connectivity index (χ1v) is 6.77. The number of para-hydroxylation sites is 1. The molecule has 4 rings (SSSR count). The van der Waals surface area contributed by atoms with Gasteiger partial charge in [-0.15, -0.1) is 0 Å². The molecule has 0 fully saturated rings. The first kappa shape index (κ1) is 12.6. The number of benzene rings is 2. The van der Waals surface area contributed by atoms with Crippen LogP contribution in [0.25, 0.3) is 33.6 Å². The highest BCUT2D eigenvalue weighted by Gasteiger charge is 2.21. The number of H-pyrrole nitrogens is 1. The van der Waals surface area contributed by atoms with Gasteiger partial charge in [-0.3, -0.25) is 0 Å². The summed E-state index contributed by atoms with van der Waals surface area (Å²) < 4.78 is 10.9. The molecule has 22 heavy (non-hydrogen) atoms. The number of hydrogen-bond donors (Lipinski definition) is 1. The van der Waals surface area contributed by atoms with Crippen molar-refractivity contribution < 1.29 is 9.26 Å². The van der Waals surface area contributed by atoms with E-state index >= 15 is 0 Å². The summed E-state index contributed by atoms with van der Waals surface area (Å²) in [5, 5.41) is 16.1. The van der Waals surface area contributed by atoms with E-state index in [4.69, 9.17) is 9.26 Å². The van der Waals surface area contributed by atoms with Crippen molar-refractivity contribution >= 4 is 10.9 Å². The first-order chi connectivity index (χ1) is 10.9. The molecule has 2 aromatic carbocycles. The molecule has 0 radical (unpaired) electrons. The second-order valence-electron chi connectivity index (χ2n) is 4.75. The van der Waals surface area contributed by atoms with Gasteiger partial charge in [0.25, 0.3) is 0 Å². The lowest BCUT2D eigenvalue weighted by Gasteiger charge is -2.05. The molecule has 0 aliphatic carbocycles. The second-order valence-corrected chi connectivity index (χ2v) is 4.75. The van der Waals surface area contributed by atoms with E-state index in [1.54, 1.807) is 7.11 Å².